The van der Waals surface area contributed by atoms with Gasteiger partial charge in [-0.2, -0.15) is 0 Å². The van der Waals surface area contributed by atoms with Gasteiger partial charge in [-0.05, 0) is 24.5 Å². The predicted molar refractivity (Wildman–Crippen MR) is 60.3 cm³/mol. The third-order valence-corrected chi connectivity index (χ3v) is 2.39. The lowest BCUT2D eigenvalue weighted by atomic mass is 10.0. The molecule has 0 spiro atoms. The summed E-state index contributed by atoms with van der Waals surface area (Å²) < 4.78 is 0. The van der Waals surface area contributed by atoms with Gasteiger partial charge in [0.15, 0.2) is 0 Å². The fraction of sp³-hybridized carbons (Fsp3) is 0.545. The van der Waals surface area contributed by atoms with Crippen LogP contribution >= 0.6 is 0 Å². The van der Waals surface area contributed by atoms with E-state index >= 15 is 0 Å². The molecule has 0 aliphatic heterocycles. The van der Waals surface area contributed by atoms with Crippen molar-refractivity contribution in [2.75, 3.05) is 11.9 Å². The maximum Gasteiger partial charge on any atom is 0.129 e. The van der Waals surface area contributed by atoms with Gasteiger partial charge in [0, 0.05) is 18.8 Å². The van der Waals surface area contributed by atoms with Gasteiger partial charge in [-0.25, -0.2) is 4.98 Å². The highest BCUT2D eigenvalue weighted by atomic mass is 15.0. The second-order valence-corrected chi connectivity index (χ2v) is 3.90. The molecule has 1 atom stereocenters. The molecule has 14 heavy (non-hydrogen) atoms. The van der Waals surface area contributed by atoms with E-state index in [4.69, 9.17) is 5.73 Å². The first-order valence-electron chi connectivity index (χ1n) is 5.03. The van der Waals surface area contributed by atoms with E-state index in [1.807, 2.05) is 19.1 Å². The first-order valence-corrected chi connectivity index (χ1v) is 5.03. The van der Waals surface area contributed by atoms with Crippen LogP contribution in [0, 0.1) is 12.8 Å². The SMILES string of the molecule is Cc1cccnc1NC(CN)C(C)C. The zero-order valence-electron chi connectivity index (χ0n) is 9.12. The molecule has 1 unspecified atom stereocenters. The van der Waals surface area contributed by atoms with Crippen molar-refractivity contribution in [2.24, 2.45) is 11.7 Å². The van der Waals surface area contributed by atoms with Crippen molar-refractivity contribution in [1.82, 2.24) is 4.98 Å². The van der Waals surface area contributed by atoms with Crippen LogP contribution in [-0.4, -0.2) is 17.6 Å². The molecule has 1 heterocycles. The Bertz CT molecular complexity index is 284. The minimum atomic E-state index is 0.295. The molecule has 0 amide bonds. The van der Waals surface area contributed by atoms with Crippen molar-refractivity contribution in [2.45, 2.75) is 26.8 Å². The first kappa shape index (κ1) is 11.0. The van der Waals surface area contributed by atoms with Crippen molar-refractivity contribution < 1.29 is 0 Å². The lowest BCUT2D eigenvalue weighted by Crippen LogP contribution is -2.34. The molecule has 0 bridgehead atoms. The molecular formula is C11H19N3. The molecule has 0 fully saturated rings. The van der Waals surface area contributed by atoms with Crippen molar-refractivity contribution in [3.8, 4) is 0 Å². The summed E-state index contributed by atoms with van der Waals surface area (Å²) in [5.41, 5.74) is 6.84. The quantitative estimate of drug-likeness (QED) is 0.766. The van der Waals surface area contributed by atoms with Gasteiger partial charge in [0.1, 0.15) is 5.82 Å². The molecule has 0 radical (unpaired) electrons. The van der Waals surface area contributed by atoms with Crippen LogP contribution in [0.15, 0.2) is 18.3 Å². The molecule has 0 aliphatic carbocycles. The monoisotopic (exact) mass is 193 g/mol. The van der Waals surface area contributed by atoms with Gasteiger partial charge < -0.3 is 11.1 Å². The van der Waals surface area contributed by atoms with Gasteiger partial charge >= 0.3 is 0 Å². The Morgan fingerprint density at radius 2 is 2.21 bits per heavy atom. The minimum absolute atomic E-state index is 0.295. The smallest absolute Gasteiger partial charge is 0.129 e. The number of nitrogens with zero attached hydrogens (tertiary/aromatic N) is 1. The Morgan fingerprint density at radius 1 is 1.50 bits per heavy atom. The highest BCUT2D eigenvalue weighted by molar-refractivity contribution is 5.43. The summed E-state index contributed by atoms with van der Waals surface area (Å²) in [5.74, 6) is 1.46. The number of nitrogens with two attached hydrogens (primary N) is 1. The third-order valence-electron chi connectivity index (χ3n) is 2.39. The van der Waals surface area contributed by atoms with E-state index in [-0.39, 0.29) is 0 Å². The Kier molecular flexibility index (Phi) is 3.89. The zero-order chi connectivity index (χ0) is 10.6. The van der Waals surface area contributed by atoms with E-state index in [0.29, 0.717) is 18.5 Å². The lowest BCUT2D eigenvalue weighted by Gasteiger charge is -2.21. The van der Waals surface area contributed by atoms with Crippen molar-refractivity contribution >= 4 is 5.82 Å². The fourth-order valence-corrected chi connectivity index (χ4v) is 1.31. The van der Waals surface area contributed by atoms with Crippen LogP contribution in [0.3, 0.4) is 0 Å². The van der Waals surface area contributed by atoms with E-state index in [1.165, 1.54) is 0 Å². The van der Waals surface area contributed by atoms with E-state index in [1.54, 1.807) is 6.20 Å². The van der Waals surface area contributed by atoms with Crippen LogP contribution in [0.5, 0.6) is 0 Å². The van der Waals surface area contributed by atoms with E-state index in [2.05, 4.69) is 24.1 Å². The van der Waals surface area contributed by atoms with Gasteiger partial charge in [-0.15, -0.1) is 0 Å². The molecule has 3 N–H and O–H groups in total. The lowest BCUT2D eigenvalue weighted by molar-refractivity contribution is 0.530. The Hall–Kier alpha value is -1.09. The number of hydrogen-bond acceptors (Lipinski definition) is 3. The van der Waals surface area contributed by atoms with Crippen LogP contribution in [0.2, 0.25) is 0 Å². The number of anilines is 1. The van der Waals surface area contributed by atoms with E-state index in [0.717, 1.165) is 11.4 Å². The van der Waals surface area contributed by atoms with Crippen LogP contribution in [0.25, 0.3) is 0 Å². The van der Waals surface area contributed by atoms with Crippen LogP contribution < -0.4 is 11.1 Å². The zero-order valence-corrected chi connectivity index (χ0v) is 9.12. The molecule has 0 saturated heterocycles. The topological polar surface area (TPSA) is 50.9 Å². The summed E-state index contributed by atoms with van der Waals surface area (Å²) in [7, 11) is 0. The number of nitrogens with one attached hydrogen (secondary N) is 1. The number of aromatic nitrogens is 1. The van der Waals surface area contributed by atoms with Crippen LogP contribution in [-0.2, 0) is 0 Å². The molecule has 1 aromatic rings. The standard InChI is InChI=1S/C11H19N3/c1-8(2)10(7-12)14-11-9(3)5-4-6-13-11/h4-6,8,10H,7,12H2,1-3H3,(H,13,14). The summed E-state index contributed by atoms with van der Waals surface area (Å²) in [6.07, 6.45) is 1.79. The van der Waals surface area contributed by atoms with Crippen LogP contribution in [0.4, 0.5) is 5.82 Å². The Morgan fingerprint density at radius 3 is 2.71 bits per heavy atom. The fourth-order valence-electron chi connectivity index (χ4n) is 1.31. The maximum atomic E-state index is 5.68. The highest BCUT2D eigenvalue weighted by Crippen LogP contribution is 2.13. The molecule has 1 aromatic heterocycles. The molecule has 78 valence electrons. The summed E-state index contributed by atoms with van der Waals surface area (Å²) in [4.78, 5) is 4.28. The van der Waals surface area contributed by atoms with Crippen molar-refractivity contribution in [3.05, 3.63) is 23.9 Å². The largest absolute Gasteiger partial charge is 0.366 e. The van der Waals surface area contributed by atoms with Gasteiger partial charge in [0.25, 0.3) is 0 Å². The van der Waals surface area contributed by atoms with Gasteiger partial charge in [-0.3, -0.25) is 0 Å². The molecule has 0 saturated carbocycles. The molecule has 1 rings (SSSR count). The summed E-state index contributed by atoms with van der Waals surface area (Å²) in [5, 5.41) is 3.36. The van der Waals surface area contributed by atoms with Gasteiger partial charge in [0.05, 0.1) is 0 Å². The Balaban J connectivity index is 2.72. The first-order chi connectivity index (χ1) is 6.65. The number of pyridine rings is 1. The molecule has 0 aliphatic rings. The maximum absolute atomic E-state index is 5.68. The summed E-state index contributed by atoms with van der Waals surface area (Å²) in [6.45, 7) is 6.99. The predicted octanol–water partition coefficient (Wildman–Crippen LogP) is 1.79. The molecule has 3 heteroatoms. The van der Waals surface area contributed by atoms with Crippen LogP contribution in [0.1, 0.15) is 19.4 Å². The van der Waals surface area contributed by atoms with Crippen molar-refractivity contribution in [1.29, 1.82) is 0 Å². The summed E-state index contributed by atoms with van der Waals surface area (Å²) >= 11 is 0. The number of aryl methyl sites for hydroxylation is 1. The second-order valence-electron chi connectivity index (χ2n) is 3.90. The number of hydrogen-bond donors (Lipinski definition) is 2. The normalized spacial score (nSPS) is 12.9. The highest BCUT2D eigenvalue weighted by Gasteiger charge is 2.11. The molecule has 0 aromatic carbocycles. The summed E-state index contributed by atoms with van der Waals surface area (Å²) in [6, 6.07) is 4.28. The third kappa shape index (κ3) is 2.70. The average Bonchev–Trinajstić information content (AvgIpc) is 2.16. The average molecular weight is 193 g/mol. The Labute approximate surface area is 85.7 Å². The second kappa shape index (κ2) is 4.96. The number of rotatable bonds is 4. The van der Waals surface area contributed by atoms with Gasteiger partial charge in [-0.1, -0.05) is 19.9 Å². The van der Waals surface area contributed by atoms with E-state index < -0.39 is 0 Å². The molecule has 3 nitrogen and oxygen atoms in total. The van der Waals surface area contributed by atoms with E-state index in [9.17, 15) is 0 Å². The molecular weight excluding hydrogens is 174 g/mol. The van der Waals surface area contributed by atoms with Crippen molar-refractivity contribution in [3.63, 3.8) is 0 Å². The van der Waals surface area contributed by atoms with Gasteiger partial charge in [0.2, 0.25) is 0 Å². The minimum Gasteiger partial charge on any atom is -0.366 e.